The maximum Gasteiger partial charge on any atom is 0.434 e. The van der Waals surface area contributed by atoms with E-state index in [-0.39, 0.29) is 54.5 Å². The Morgan fingerprint density at radius 1 is 0.930 bits per heavy atom. The number of anilines is 1. The van der Waals surface area contributed by atoms with Crippen molar-refractivity contribution in [3.05, 3.63) is 131 Å². The summed E-state index contributed by atoms with van der Waals surface area (Å²) in [4.78, 5) is 40.4. The number of alkyl halides is 3. The molecule has 0 radical (unpaired) electrons. The highest BCUT2D eigenvalue weighted by Crippen LogP contribution is 2.45. The summed E-state index contributed by atoms with van der Waals surface area (Å²) in [6.07, 6.45) is 1.16. The van der Waals surface area contributed by atoms with Crippen molar-refractivity contribution in [2.75, 3.05) is 12.0 Å². The van der Waals surface area contributed by atoms with Crippen LogP contribution in [-0.4, -0.2) is 53.2 Å². The third-order valence-corrected chi connectivity index (χ3v) is 9.52. The Labute approximate surface area is 325 Å². The highest BCUT2D eigenvalue weighted by Gasteiger charge is 2.35. The first-order chi connectivity index (χ1) is 27.3. The summed E-state index contributed by atoms with van der Waals surface area (Å²) in [7, 11) is 1.51. The Kier molecular flexibility index (Phi) is 10.8. The van der Waals surface area contributed by atoms with Gasteiger partial charge in [-0.05, 0) is 61.6 Å². The van der Waals surface area contributed by atoms with Gasteiger partial charge in [-0.15, -0.1) is 0 Å². The van der Waals surface area contributed by atoms with Crippen LogP contribution in [0.4, 0.5) is 23.5 Å². The molecular formula is C41H38F4N10O2. The van der Waals surface area contributed by atoms with Gasteiger partial charge in [0.1, 0.15) is 29.9 Å². The van der Waals surface area contributed by atoms with Crippen molar-refractivity contribution in [3.8, 4) is 28.7 Å². The average molecular weight is 779 g/mol. The van der Waals surface area contributed by atoms with Crippen LogP contribution in [-0.2, 0) is 25.7 Å². The molecule has 12 nitrogen and oxygen atoms in total. The van der Waals surface area contributed by atoms with Crippen LogP contribution in [0.1, 0.15) is 82.6 Å². The fourth-order valence-corrected chi connectivity index (χ4v) is 6.68. The number of imidazole rings is 1. The lowest BCUT2D eigenvalue weighted by Gasteiger charge is -2.24. The Hall–Kier alpha value is -6.58. The van der Waals surface area contributed by atoms with E-state index in [1.165, 1.54) is 36.5 Å². The van der Waals surface area contributed by atoms with Gasteiger partial charge in [0.2, 0.25) is 17.7 Å². The molecule has 3 aromatic heterocycles. The molecule has 16 heteroatoms. The summed E-state index contributed by atoms with van der Waals surface area (Å²) in [5.41, 5.74) is 8.82. The van der Waals surface area contributed by atoms with Crippen LogP contribution in [0, 0.1) is 11.2 Å². The van der Waals surface area contributed by atoms with E-state index in [9.17, 15) is 18.0 Å². The molecule has 0 aliphatic heterocycles. The average Bonchev–Trinajstić information content (AvgIpc) is 3.93. The molecule has 7 rings (SSSR count). The summed E-state index contributed by atoms with van der Waals surface area (Å²) >= 11 is 0. The second kappa shape index (κ2) is 15.9. The number of nitrogens with one attached hydrogen (secondary N) is 1. The summed E-state index contributed by atoms with van der Waals surface area (Å²) in [6, 6.07) is 17.7. The maximum atomic E-state index is 15.3. The fourth-order valence-electron chi connectivity index (χ4n) is 6.68. The van der Waals surface area contributed by atoms with E-state index >= 15 is 4.39 Å². The number of methoxy groups -OCH3 is 1. The smallest absolute Gasteiger partial charge is 0.434 e. The molecule has 1 amide bonds. The third-order valence-electron chi connectivity index (χ3n) is 9.52. The van der Waals surface area contributed by atoms with E-state index in [1.54, 1.807) is 68.4 Å². The van der Waals surface area contributed by atoms with Gasteiger partial charge in [-0.2, -0.15) is 18.2 Å². The van der Waals surface area contributed by atoms with E-state index in [0.717, 1.165) is 30.3 Å². The van der Waals surface area contributed by atoms with Crippen molar-refractivity contribution in [1.82, 2.24) is 34.5 Å². The number of carbonyl (C=O) groups is 1. The SMILES string of the molecule is COc1ncnc(C2CC2)c1-c1ncnc(N(Cc2ccc(-c3nc(C(F)(F)F)cn3C(C)C)cc2)Cc2cc(F)cc(CC(=N)c3ccccc3C(N)=O)c2)n1. The highest BCUT2D eigenvalue weighted by atomic mass is 19.4. The lowest BCUT2D eigenvalue weighted by molar-refractivity contribution is -0.140. The minimum Gasteiger partial charge on any atom is -0.480 e. The molecule has 0 spiro atoms. The number of nitrogens with zero attached hydrogens (tertiary/aromatic N) is 8. The topological polar surface area (TPSA) is 162 Å². The maximum absolute atomic E-state index is 15.3. The van der Waals surface area contributed by atoms with Gasteiger partial charge in [-0.1, -0.05) is 48.5 Å². The molecule has 3 aromatic carbocycles. The van der Waals surface area contributed by atoms with Gasteiger partial charge < -0.3 is 25.3 Å². The standard InChI is InChI=1S/C41H38F4N10O2/c1-23(2)55-20-33(41(43,44)45)52-38(55)28-10-8-24(9-11-28)18-54(40-51-22-49-37(53-40)34-35(27-12-13-27)48-21-50-39(34)57-3)19-26-14-25(15-29(42)16-26)17-32(46)30-6-4-5-7-31(30)36(47)56/h4-11,14-16,20-23,27,46H,12-13,17-19H2,1-3H3,(H2,47,56). The number of amides is 1. The molecule has 1 fully saturated rings. The van der Waals surface area contributed by atoms with Crippen molar-refractivity contribution < 1.29 is 27.1 Å². The molecular weight excluding hydrogens is 741 g/mol. The number of rotatable bonds is 14. The molecule has 3 N–H and O–H groups in total. The van der Waals surface area contributed by atoms with Gasteiger partial charge in [-0.25, -0.2) is 29.3 Å². The molecule has 1 aliphatic carbocycles. The van der Waals surface area contributed by atoms with E-state index in [4.69, 9.17) is 20.9 Å². The van der Waals surface area contributed by atoms with Gasteiger partial charge in [0.25, 0.3) is 0 Å². The van der Waals surface area contributed by atoms with E-state index in [1.807, 2.05) is 4.90 Å². The second-order valence-corrected chi connectivity index (χ2v) is 14.1. The minimum atomic E-state index is -4.60. The first-order valence-electron chi connectivity index (χ1n) is 18.1. The zero-order valence-corrected chi connectivity index (χ0v) is 31.3. The summed E-state index contributed by atoms with van der Waals surface area (Å²) in [6.45, 7) is 3.87. The zero-order valence-electron chi connectivity index (χ0n) is 31.3. The van der Waals surface area contributed by atoms with Gasteiger partial charge >= 0.3 is 6.18 Å². The number of nitrogens with two attached hydrogens (primary N) is 1. The number of ether oxygens (including phenoxy) is 1. The molecule has 1 saturated carbocycles. The largest absolute Gasteiger partial charge is 0.480 e. The number of carbonyl (C=O) groups excluding carboxylic acids is 1. The number of primary amides is 1. The molecule has 1 aliphatic rings. The van der Waals surface area contributed by atoms with E-state index in [2.05, 4.69) is 24.9 Å². The van der Waals surface area contributed by atoms with Gasteiger partial charge in [-0.3, -0.25) is 4.79 Å². The summed E-state index contributed by atoms with van der Waals surface area (Å²) in [5, 5.41) is 8.76. The predicted octanol–water partition coefficient (Wildman–Crippen LogP) is 7.73. The van der Waals surface area contributed by atoms with Crippen LogP contribution in [0.5, 0.6) is 5.88 Å². The van der Waals surface area contributed by atoms with Gasteiger partial charge in [0, 0.05) is 60.1 Å². The second-order valence-electron chi connectivity index (χ2n) is 14.1. The normalized spacial score (nSPS) is 12.8. The minimum absolute atomic E-state index is 0.0202. The first-order valence-corrected chi connectivity index (χ1v) is 18.1. The number of aromatic nitrogens is 7. The monoisotopic (exact) mass is 778 g/mol. The van der Waals surface area contributed by atoms with E-state index in [0.29, 0.717) is 39.5 Å². The molecule has 3 heterocycles. The summed E-state index contributed by atoms with van der Waals surface area (Å²) < 4.78 is 63.3. The van der Waals surface area contributed by atoms with Crippen molar-refractivity contribution in [1.29, 1.82) is 5.41 Å². The highest BCUT2D eigenvalue weighted by molar-refractivity contribution is 6.09. The number of benzene rings is 3. The Balaban J connectivity index is 1.24. The van der Waals surface area contributed by atoms with Crippen LogP contribution in [0.2, 0.25) is 0 Å². The lowest BCUT2D eigenvalue weighted by Crippen LogP contribution is -2.25. The molecule has 292 valence electrons. The quantitative estimate of drug-likeness (QED) is 0.0833. The Morgan fingerprint density at radius 2 is 1.61 bits per heavy atom. The Morgan fingerprint density at radius 3 is 2.28 bits per heavy atom. The first kappa shape index (κ1) is 38.7. The fraction of sp³-hybridized carbons (Fsp3) is 0.268. The van der Waals surface area contributed by atoms with Crippen molar-refractivity contribution in [2.45, 2.75) is 64.3 Å². The molecule has 0 saturated heterocycles. The third kappa shape index (κ3) is 8.64. The van der Waals surface area contributed by atoms with Crippen LogP contribution < -0.4 is 15.4 Å². The van der Waals surface area contributed by atoms with Crippen molar-refractivity contribution in [2.24, 2.45) is 5.73 Å². The molecule has 57 heavy (non-hydrogen) atoms. The van der Waals surface area contributed by atoms with Gasteiger partial charge in [0.15, 0.2) is 11.5 Å². The predicted molar refractivity (Wildman–Crippen MR) is 204 cm³/mol. The Bertz CT molecular complexity index is 2450. The molecule has 0 atom stereocenters. The number of hydrogen-bond donors (Lipinski definition) is 2. The van der Waals surface area contributed by atoms with Crippen LogP contribution in [0.25, 0.3) is 22.8 Å². The molecule has 6 aromatic rings. The zero-order chi connectivity index (χ0) is 40.4. The number of halogens is 4. The van der Waals surface area contributed by atoms with Crippen LogP contribution >= 0.6 is 0 Å². The van der Waals surface area contributed by atoms with Crippen LogP contribution in [0.3, 0.4) is 0 Å². The van der Waals surface area contributed by atoms with Crippen molar-refractivity contribution in [3.63, 3.8) is 0 Å². The van der Waals surface area contributed by atoms with E-state index < -0.39 is 23.6 Å². The summed E-state index contributed by atoms with van der Waals surface area (Å²) in [5.74, 6) is 0.0520. The lowest BCUT2D eigenvalue weighted by atomic mass is 9.96. The molecule has 0 bridgehead atoms. The molecule has 0 unspecified atom stereocenters. The number of hydrogen-bond acceptors (Lipinski definition) is 10. The van der Waals surface area contributed by atoms with Gasteiger partial charge in [0.05, 0.1) is 12.8 Å². The van der Waals surface area contributed by atoms with Crippen LogP contribution in [0.15, 0.2) is 85.6 Å². The van der Waals surface area contributed by atoms with Crippen molar-refractivity contribution >= 4 is 17.6 Å².